The van der Waals surface area contributed by atoms with Gasteiger partial charge < -0.3 is 29.2 Å². The first-order chi connectivity index (χ1) is 19.0. The number of halogens is 2. The van der Waals surface area contributed by atoms with Crippen LogP contribution in [0, 0.1) is 0 Å². The van der Waals surface area contributed by atoms with E-state index in [1.54, 1.807) is 0 Å². The lowest BCUT2D eigenvalue weighted by Gasteiger charge is -2.15. The monoisotopic (exact) mass is 596 g/mol. The second kappa shape index (κ2) is 11.9. The van der Waals surface area contributed by atoms with Gasteiger partial charge in [-0.3, -0.25) is 9.78 Å². The molecule has 0 radical (unpaired) electrons. The molecule has 12 nitrogen and oxygen atoms in total. The van der Waals surface area contributed by atoms with Gasteiger partial charge in [0, 0.05) is 29.5 Å². The van der Waals surface area contributed by atoms with Crippen molar-refractivity contribution in [1.82, 2.24) is 13.9 Å². The van der Waals surface area contributed by atoms with E-state index >= 15 is 0 Å². The highest BCUT2D eigenvalue weighted by Crippen LogP contribution is 2.34. The molecule has 0 aliphatic heterocycles. The van der Waals surface area contributed by atoms with Crippen molar-refractivity contribution in [2.24, 2.45) is 5.73 Å². The SMILES string of the molecule is COc1ccnc(C[S+]([O-])c2nc3ccc(OC(F)F)cc3n2S(=O)(=O)c2ccc(OCC(N)=O)cc2)c1OC. The second-order valence-corrected chi connectivity index (χ2v) is 11.0. The van der Waals surface area contributed by atoms with Crippen LogP contribution in [0.1, 0.15) is 5.69 Å². The topological polar surface area (TPSA) is 168 Å². The van der Waals surface area contributed by atoms with Crippen molar-refractivity contribution >= 4 is 38.1 Å². The molecule has 2 aromatic heterocycles. The minimum atomic E-state index is -4.52. The normalized spacial score (nSPS) is 12.3. The summed E-state index contributed by atoms with van der Waals surface area (Å²) in [6.07, 6.45) is 1.41. The molecule has 0 saturated carbocycles. The van der Waals surface area contributed by atoms with Crippen molar-refractivity contribution in [1.29, 1.82) is 0 Å². The minimum Gasteiger partial charge on any atom is -0.609 e. The molecule has 0 saturated heterocycles. The molecule has 1 unspecified atom stereocenters. The smallest absolute Gasteiger partial charge is 0.387 e. The Bertz CT molecular complexity index is 1630. The maximum atomic E-state index is 13.8. The fourth-order valence-corrected chi connectivity index (χ4v) is 6.63. The number of rotatable bonds is 12. The molecule has 16 heteroatoms. The molecule has 0 bridgehead atoms. The predicted molar refractivity (Wildman–Crippen MR) is 138 cm³/mol. The van der Waals surface area contributed by atoms with Crippen molar-refractivity contribution < 1.29 is 45.5 Å². The first-order valence-electron chi connectivity index (χ1n) is 11.2. The van der Waals surface area contributed by atoms with E-state index < -0.39 is 45.5 Å². The second-order valence-electron chi connectivity index (χ2n) is 7.90. The number of nitrogens with zero attached hydrogens (tertiary/aromatic N) is 3. The number of alkyl halides is 2. The van der Waals surface area contributed by atoms with Crippen LogP contribution in [0.15, 0.2) is 64.8 Å². The van der Waals surface area contributed by atoms with Crippen LogP contribution in [0.4, 0.5) is 8.78 Å². The number of ether oxygens (including phenoxy) is 4. The van der Waals surface area contributed by atoms with Gasteiger partial charge in [0.1, 0.15) is 17.2 Å². The molecule has 2 aromatic carbocycles. The van der Waals surface area contributed by atoms with Gasteiger partial charge in [0.25, 0.3) is 15.9 Å². The number of pyridine rings is 1. The summed E-state index contributed by atoms with van der Waals surface area (Å²) >= 11 is -2.14. The summed E-state index contributed by atoms with van der Waals surface area (Å²) in [4.78, 5) is 19.1. The summed E-state index contributed by atoms with van der Waals surface area (Å²) in [6, 6.07) is 10.0. The summed E-state index contributed by atoms with van der Waals surface area (Å²) in [5.41, 5.74) is 5.16. The van der Waals surface area contributed by atoms with Crippen LogP contribution in [0.2, 0.25) is 0 Å². The zero-order valence-electron chi connectivity index (χ0n) is 20.9. The zero-order chi connectivity index (χ0) is 29.0. The largest absolute Gasteiger partial charge is 0.609 e. The van der Waals surface area contributed by atoms with Crippen molar-refractivity contribution in [2.75, 3.05) is 20.8 Å². The lowest BCUT2D eigenvalue weighted by Crippen LogP contribution is -2.21. The van der Waals surface area contributed by atoms with E-state index in [1.807, 2.05) is 0 Å². The first kappa shape index (κ1) is 28.8. The predicted octanol–water partition coefficient (Wildman–Crippen LogP) is 2.46. The Hall–Kier alpha value is -4.15. The van der Waals surface area contributed by atoms with E-state index in [1.165, 1.54) is 62.9 Å². The first-order valence-corrected chi connectivity index (χ1v) is 14.0. The van der Waals surface area contributed by atoms with Crippen LogP contribution in [0.25, 0.3) is 11.0 Å². The summed E-state index contributed by atoms with van der Waals surface area (Å²) < 4.78 is 88.0. The number of hydrogen-bond acceptors (Lipinski definition) is 10. The quantitative estimate of drug-likeness (QED) is 0.240. The Morgan fingerprint density at radius 3 is 2.42 bits per heavy atom. The summed E-state index contributed by atoms with van der Waals surface area (Å²) in [5.74, 6) is -0.693. The number of amides is 1. The molecule has 0 spiro atoms. The van der Waals surface area contributed by atoms with E-state index in [9.17, 15) is 26.5 Å². The van der Waals surface area contributed by atoms with Gasteiger partial charge in [-0.05, 0) is 36.4 Å². The molecule has 40 heavy (non-hydrogen) atoms. The van der Waals surface area contributed by atoms with Gasteiger partial charge in [0.2, 0.25) is 0 Å². The number of fused-ring (bicyclic) bond motifs is 1. The molecule has 0 aliphatic rings. The highest BCUT2D eigenvalue weighted by Gasteiger charge is 2.33. The number of aromatic nitrogens is 3. The fraction of sp³-hybridized carbons (Fsp3) is 0.208. The van der Waals surface area contributed by atoms with Crippen molar-refractivity contribution in [3.05, 3.63) is 60.4 Å². The molecule has 212 valence electrons. The molecule has 2 heterocycles. The molecule has 4 aromatic rings. The lowest BCUT2D eigenvalue weighted by molar-refractivity contribution is -0.119. The Balaban J connectivity index is 1.83. The number of benzene rings is 2. The summed E-state index contributed by atoms with van der Waals surface area (Å²) in [6.45, 7) is -3.59. The van der Waals surface area contributed by atoms with Gasteiger partial charge in [0.15, 0.2) is 23.9 Å². The number of primary amides is 1. The maximum Gasteiger partial charge on any atom is 0.387 e. The van der Waals surface area contributed by atoms with Crippen LogP contribution in [0.5, 0.6) is 23.0 Å². The Labute approximate surface area is 229 Å². The number of nitrogens with two attached hydrogens (primary N) is 1. The molecular weight excluding hydrogens is 574 g/mol. The van der Waals surface area contributed by atoms with Gasteiger partial charge >= 0.3 is 11.8 Å². The van der Waals surface area contributed by atoms with Crippen LogP contribution < -0.4 is 24.7 Å². The van der Waals surface area contributed by atoms with Crippen LogP contribution in [-0.4, -0.2) is 60.3 Å². The maximum absolute atomic E-state index is 13.8. The third kappa shape index (κ3) is 6.03. The number of carbonyl (C=O) groups is 1. The minimum absolute atomic E-state index is 0.0560. The van der Waals surface area contributed by atoms with E-state index in [4.69, 9.17) is 19.9 Å². The molecule has 1 amide bonds. The van der Waals surface area contributed by atoms with Crippen molar-refractivity contribution in [3.8, 4) is 23.0 Å². The van der Waals surface area contributed by atoms with Gasteiger partial charge in [0.05, 0.1) is 30.1 Å². The molecule has 0 aliphatic carbocycles. The summed E-state index contributed by atoms with van der Waals surface area (Å²) in [7, 11) is -1.74. The van der Waals surface area contributed by atoms with E-state index in [0.29, 0.717) is 9.72 Å². The Morgan fingerprint density at radius 2 is 1.80 bits per heavy atom. The number of imidazole rings is 1. The third-order valence-electron chi connectivity index (χ3n) is 5.36. The lowest BCUT2D eigenvalue weighted by atomic mass is 10.3. The van der Waals surface area contributed by atoms with Crippen molar-refractivity contribution in [3.63, 3.8) is 0 Å². The average Bonchev–Trinajstić information content (AvgIpc) is 3.31. The van der Waals surface area contributed by atoms with Crippen LogP contribution >= 0.6 is 0 Å². The molecule has 0 fully saturated rings. The number of carbonyl (C=O) groups excluding carboxylic acids is 1. The van der Waals surface area contributed by atoms with E-state index in [-0.39, 0.29) is 44.6 Å². The van der Waals surface area contributed by atoms with Gasteiger partial charge in [-0.1, -0.05) is 0 Å². The highest BCUT2D eigenvalue weighted by molar-refractivity contribution is 7.93. The number of methoxy groups -OCH3 is 2. The van der Waals surface area contributed by atoms with Gasteiger partial charge in [-0.25, -0.2) is 8.42 Å². The highest BCUT2D eigenvalue weighted by atomic mass is 32.2. The fourth-order valence-electron chi connectivity index (χ4n) is 3.67. The Kier molecular flexibility index (Phi) is 8.61. The molecular formula is C24H22F2N4O8S2. The molecule has 4 rings (SSSR count). The van der Waals surface area contributed by atoms with Gasteiger partial charge in [-0.2, -0.15) is 17.7 Å². The summed E-state index contributed by atoms with van der Waals surface area (Å²) in [5, 5.41) is -0.398. The Morgan fingerprint density at radius 1 is 1.10 bits per heavy atom. The number of hydrogen-bond donors (Lipinski definition) is 1. The van der Waals surface area contributed by atoms with E-state index in [2.05, 4.69) is 14.7 Å². The van der Waals surface area contributed by atoms with E-state index in [0.717, 1.165) is 6.07 Å². The standard InChI is InChI=1S/C24H22F2N4O8S2/c1-35-20-9-10-28-18(22(20)36-2)13-39(32)24-29-17-8-5-15(38-23(25)26)11-19(17)30(24)40(33,34)16-6-3-14(4-7-16)37-12-21(27)31/h3-11,23H,12-13H2,1-2H3,(H2,27,31). The van der Waals surface area contributed by atoms with Gasteiger partial charge in [-0.15, -0.1) is 0 Å². The molecule has 2 N–H and O–H groups in total. The van der Waals surface area contributed by atoms with Crippen LogP contribution in [0.3, 0.4) is 0 Å². The van der Waals surface area contributed by atoms with Crippen LogP contribution in [-0.2, 0) is 31.7 Å². The average molecular weight is 597 g/mol. The zero-order valence-corrected chi connectivity index (χ0v) is 22.6. The third-order valence-corrected chi connectivity index (χ3v) is 8.41. The molecule has 1 atom stereocenters. The van der Waals surface area contributed by atoms with Crippen molar-refractivity contribution in [2.45, 2.75) is 22.4 Å².